The molecule has 2 nitrogen and oxygen atoms in total. The summed E-state index contributed by atoms with van der Waals surface area (Å²) in [6.45, 7) is 0.826. The van der Waals surface area contributed by atoms with Gasteiger partial charge in [-0.3, -0.25) is 0 Å². The van der Waals surface area contributed by atoms with Gasteiger partial charge in [-0.05, 0) is 37.0 Å². The molecule has 16 heavy (non-hydrogen) atoms. The van der Waals surface area contributed by atoms with Gasteiger partial charge in [-0.2, -0.15) is 0 Å². The lowest BCUT2D eigenvalue weighted by atomic mass is 9.99. The highest BCUT2D eigenvalue weighted by atomic mass is 35.5. The zero-order valence-electron chi connectivity index (χ0n) is 9.23. The molecule has 2 atom stereocenters. The fourth-order valence-corrected chi connectivity index (χ4v) is 2.29. The highest BCUT2D eigenvalue weighted by molar-refractivity contribution is 6.30. The zero-order chi connectivity index (χ0) is 11.4. The summed E-state index contributed by atoms with van der Waals surface area (Å²) in [6, 6.07) is 7.39. The Morgan fingerprint density at radius 3 is 3.00 bits per heavy atom. The number of ether oxygens (including phenoxy) is 1. The number of aliphatic hydroxyl groups is 1. The van der Waals surface area contributed by atoms with E-state index >= 15 is 0 Å². The van der Waals surface area contributed by atoms with E-state index in [2.05, 4.69) is 0 Å². The van der Waals surface area contributed by atoms with Gasteiger partial charge in [0.2, 0.25) is 0 Å². The van der Waals surface area contributed by atoms with E-state index in [0.29, 0.717) is 11.4 Å². The zero-order valence-corrected chi connectivity index (χ0v) is 9.99. The molecule has 0 saturated carbocycles. The van der Waals surface area contributed by atoms with Crippen molar-refractivity contribution in [3.05, 3.63) is 34.9 Å². The maximum atomic E-state index is 10.1. The molecule has 0 spiro atoms. The van der Waals surface area contributed by atoms with Crippen molar-refractivity contribution in [1.82, 2.24) is 0 Å². The first-order valence-corrected chi connectivity index (χ1v) is 6.18. The normalized spacial score (nSPS) is 23.0. The Morgan fingerprint density at radius 2 is 2.31 bits per heavy atom. The van der Waals surface area contributed by atoms with Gasteiger partial charge in [-0.15, -0.1) is 0 Å². The van der Waals surface area contributed by atoms with Gasteiger partial charge in [0.05, 0.1) is 12.2 Å². The fraction of sp³-hybridized carbons (Fsp3) is 0.538. The molecular weight excluding hydrogens is 224 g/mol. The van der Waals surface area contributed by atoms with Crippen LogP contribution in [0.1, 0.15) is 37.4 Å². The second-order valence-electron chi connectivity index (χ2n) is 4.30. The molecule has 1 heterocycles. The highest BCUT2D eigenvalue weighted by Crippen LogP contribution is 2.26. The van der Waals surface area contributed by atoms with Crippen molar-refractivity contribution in [2.75, 3.05) is 6.61 Å². The van der Waals surface area contributed by atoms with Gasteiger partial charge in [0.15, 0.2) is 0 Å². The minimum atomic E-state index is -0.471. The molecule has 2 rings (SSSR count). The first-order valence-electron chi connectivity index (χ1n) is 5.81. The summed E-state index contributed by atoms with van der Waals surface area (Å²) in [7, 11) is 0. The van der Waals surface area contributed by atoms with Crippen LogP contribution < -0.4 is 0 Å². The third kappa shape index (κ3) is 3.21. The summed E-state index contributed by atoms with van der Waals surface area (Å²) >= 11 is 5.89. The minimum Gasteiger partial charge on any atom is -0.388 e. The van der Waals surface area contributed by atoms with Gasteiger partial charge < -0.3 is 9.84 Å². The Bertz CT molecular complexity index is 334. The number of aliphatic hydroxyl groups excluding tert-OH is 1. The fourth-order valence-electron chi connectivity index (χ4n) is 2.09. The largest absolute Gasteiger partial charge is 0.388 e. The molecule has 0 bridgehead atoms. The molecule has 1 aliphatic rings. The van der Waals surface area contributed by atoms with Crippen molar-refractivity contribution >= 4 is 11.6 Å². The summed E-state index contributed by atoms with van der Waals surface area (Å²) in [6.07, 6.45) is 3.79. The summed E-state index contributed by atoms with van der Waals surface area (Å²) in [5.74, 6) is 0. The quantitative estimate of drug-likeness (QED) is 0.878. The Morgan fingerprint density at radius 1 is 1.44 bits per heavy atom. The molecule has 0 aromatic heterocycles. The third-order valence-corrected chi connectivity index (χ3v) is 3.23. The lowest BCUT2D eigenvalue weighted by molar-refractivity contribution is -0.0155. The van der Waals surface area contributed by atoms with Gasteiger partial charge in [0.1, 0.15) is 0 Å². The molecule has 0 aliphatic carbocycles. The van der Waals surface area contributed by atoms with Crippen LogP contribution in [0.4, 0.5) is 0 Å². The lowest BCUT2D eigenvalue weighted by Crippen LogP contribution is -2.21. The predicted octanol–water partition coefficient (Wildman–Crippen LogP) is 3.33. The van der Waals surface area contributed by atoms with E-state index in [1.54, 1.807) is 0 Å². The second kappa shape index (κ2) is 5.67. The highest BCUT2D eigenvalue weighted by Gasteiger charge is 2.19. The molecule has 1 aromatic carbocycles. The van der Waals surface area contributed by atoms with E-state index < -0.39 is 6.10 Å². The van der Waals surface area contributed by atoms with Crippen LogP contribution in [0.25, 0.3) is 0 Å². The van der Waals surface area contributed by atoms with Crippen LogP contribution in [0.3, 0.4) is 0 Å². The average Bonchev–Trinajstić information content (AvgIpc) is 2.30. The molecule has 88 valence electrons. The number of hydrogen-bond acceptors (Lipinski definition) is 2. The minimum absolute atomic E-state index is 0.197. The number of halogens is 1. The van der Waals surface area contributed by atoms with Crippen molar-refractivity contribution in [3.63, 3.8) is 0 Å². The lowest BCUT2D eigenvalue weighted by Gasteiger charge is -2.24. The monoisotopic (exact) mass is 240 g/mol. The third-order valence-electron chi connectivity index (χ3n) is 2.99. The molecular formula is C13H17ClO2. The number of benzene rings is 1. The number of rotatable bonds is 3. The second-order valence-corrected chi connectivity index (χ2v) is 4.73. The van der Waals surface area contributed by atoms with Crippen molar-refractivity contribution in [3.8, 4) is 0 Å². The van der Waals surface area contributed by atoms with E-state index in [1.807, 2.05) is 24.3 Å². The smallest absolute Gasteiger partial charge is 0.0815 e. The molecule has 1 saturated heterocycles. The van der Waals surface area contributed by atoms with E-state index in [1.165, 1.54) is 6.42 Å². The standard InChI is InChI=1S/C13H17ClO2/c14-11-5-3-4-10(8-11)13(15)9-12-6-1-2-7-16-12/h3-5,8,12-13,15H,1-2,6-7,9H2. The summed E-state index contributed by atoms with van der Waals surface area (Å²) in [4.78, 5) is 0. The summed E-state index contributed by atoms with van der Waals surface area (Å²) in [5, 5.41) is 10.7. The van der Waals surface area contributed by atoms with E-state index in [9.17, 15) is 5.11 Å². The van der Waals surface area contributed by atoms with E-state index in [4.69, 9.17) is 16.3 Å². The molecule has 0 amide bonds. The first kappa shape index (κ1) is 11.9. The summed E-state index contributed by atoms with van der Waals surface area (Å²) in [5.41, 5.74) is 0.877. The Balaban J connectivity index is 1.94. The average molecular weight is 241 g/mol. The molecule has 1 fully saturated rings. The van der Waals surface area contributed by atoms with Crippen molar-refractivity contribution in [1.29, 1.82) is 0 Å². The first-order chi connectivity index (χ1) is 7.75. The summed E-state index contributed by atoms with van der Waals surface area (Å²) < 4.78 is 5.61. The Kier molecular flexibility index (Phi) is 4.22. The van der Waals surface area contributed by atoms with Crippen LogP contribution in [-0.2, 0) is 4.74 Å². The van der Waals surface area contributed by atoms with Crippen molar-refractivity contribution < 1.29 is 9.84 Å². The van der Waals surface area contributed by atoms with Crippen LogP contribution in [0.15, 0.2) is 24.3 Å². The van der Waals surface area contributed by atoms with Crippen LogP contribution in [0.2, 0.25) is 5.02 Å². The maximum absolute atomic E-state index is 10.1. The van der Waals surface area contributed by atoms with Crippen LogP contribution in [0, 0.1) is 0 Å². The van der Waals surface area contributed by atoms with E-state index in [-0.39, 0.29) is 6.10 Å². The van der Waals surface area contributed by atoms with Crippen LogP contribution in [-0.4, -0.2) is 17.8 Å². The van der Waals surface area contributed by atoms with Gasteiger partial charge in [-0.1, -0.05) is 23.7 Å². The van der Waals surface area contributed by atoms with Gasteiger partial charge >= 0.3 is 0 Å². The molecule has 0 radical (unpaired) electrons. The molecule has 3 heteroatoms. The molecule has 1 N–H and O–H groups in total. The van der Waals surface area contributed by atoms with Gasteiger partial charge in [0, 0.05) is 18.1 Å². The van der Waals surface area contributed by atoms with Crippen molar-refractivity contribution in [2.45, 2.75) is 37.9 Å². The topological polar surface area (TPSA) is 29.5 Å². The molecule has 1 aromatic rings. The van der Waals surface area contributed by atoms with Crippen molar-refractivity contribution in [2.24, 2.45) is 0 Å². The van der Waals surface area contributed by atoms with E-state index in [0.717, 1.165) is 25.0 Å². The van der Waals surface area contributed by atoms with Gasteiger partial charge in [0.25, 0.3) is 0 Å². The predicted molar refractivity (Wildman–Crippen MR) is 64.6 cm³/mol. The maximum Gasteiger partial charge on any atom is 0.0815 e. The van der Waals surface area contributed by atoms with Gasteiger partial charge in [-0.25, -0.2) is 0 Å². The number of hydrogen-bond donors (Lipinski definition) is 1. The van der Waals surface area contributed by atoms with Crippen LogP contribution >= 0.6 is 11.6 Å². The SMILES string of the molecule is OC(CC1CCCCO1)c1cccc(Cl)c1. The molecule has 2 unspecified atom stereocenters. The van der Waals surface area contributed by atoms with Crippen LogP contribution in [0.5, 0.6) is 0 Å². The molecule has 1 aliphatic heterocycles. The Labute approximate surface area is 101 Å². The Hall–Kier alpha value is -0.570.